The van der Waals surface area contributed by atoms with Gasteiger partial charge >= 0.3 is 5.97 Å². The van der Waals surface area contributed by atoms with Crippen molar-refractivity contribution in [1.29, 1.82) is 0 Å². The Bertz CT molecular complexity index is 668. The first kappa shape index (κ1) is 23.5. The van der Waals surface area contributed by atoms with Crippen LogP contribution in [0.25, 0.3) is 0 Å². The number of rotatable bonds is 7. The van der Waals surface area contributed by atoms with Crippen molar-refractivity contribution in [2.24, 2.45) is 0 Å². The first-order valence-electron chi connectivity index (χ1n) is 9.63. The minimum Gasteiger partial charge on any atom is -0.479 e. The highest BCUT2D eigenvalue weighted by Crippen LogP contribution is 2.45. The highest BCUT2D eigenvalue weighted by molar-refractivity contribution is 5.85. The zero-order valence-corrected chi connectivity index (χ0v) is 17.4. The average molecular weight is 394 g/mol. The number of aliphatic hydroxyl groups excluding tert-OH is 1. The summed E-state index contributed by atoms with van der Waals surface area (Å²) in [5, 5.41) is 20.3. The van der Waals surface area contributed by atoms with Gasteiger partial charge in [0.1, 0.15) is 0 Å². The van der Waals surface area contributed by atoms with Crippen LogP contribution in [0.2, 0.25) is 0 Å². The lowest BCUT2D eigenvalue weighted by molar-refractivity contribution is -0.152. The molecule has 0 bridgehead atoms. The molecule has 0 aliphatic heterocycles. The SMILES string of the molecule is CC#CCc1ccccc1C1(C(O)C(=O)O)CCC(N(CC)CC)CC1.Cl. The Labute approximate surface area is 169 Å². The van der Waals surface area contributed by atoms with Crippen molar-refractivity contribution in [2.75, 3.05) is 13.1 Å². The molecular formula is C22H32ClNO3. The maximum atomic E-state index is 11.7. The highest BCUT2D eigenvalue weighted by Gasteiger charge is 2.47. The molecule has 1 aromatic carbocycles. The van der Waals surface area contributed by atoms with E-state index in [-0.39, 0.29) is 12.4 Å². The third kappa shape index (κ3) is 5.04. The second kappa shape index (κ2) is 10.7. The van der Waals surface area contributed by atoms with E-state index in [0.29, 0.717) is 25.3 Å². The highest BCUT2D eigenvalue weighted by atomic mass is 35.5. The van der Waals surface area contributed by atoms with Crippen molar-refractivity contribution < 1.29 is 15.0 Å². The van der Waals surface area contributed by atoms with Crippen LogP contribution in [0.3, 0.4) is 0 Å². The Balaban J connectivity index is 0.00000364. The lowest BCUT2D eigenvalue weighted by atomic mass is 9.63. The Morgan fingerprint density at radius 3 is 2.37 bits per heavy atom. The van der Waals surface area contributed by atoms with Gasteiger partial charge in [0.05, 0.1) is 0 Å². The number of halogens is 1. The zero-order valence-electron chi connectivity index (χ0n) is 16.6. The van der Waals surface area contributed by atoms with Crippen LogP contribution in [-0.4, -0.2) is 46.3 Å². The fourth-order valence-electron chi connectivity index (χ4n) is 4.49. The molecule has 1 unspecified atom stereocenters. The molecular weight excluding hydrogens is 362 g/mol. The molecule has 1 aliphatic carbocycles. The third-order valence-corrected chi connectivity index (χ3v) is 5.94. The summed E-state index contributed by atoms with van der Waals surface area (Å²) in [7, 11) is 0. The number of carboxylic acids is 1. The van der Waals surface area contributed by atoms with Gasteiger partial charge in [-0.15, -0.1) is 18.3 Å². The van der Waals surface area contributed by atoms with Gasteiger partial charge in [-0.3, -0.25) is 0 Å². The second-order valence-electron chi connectivity index (χ2n) is 7.11. The number of hydrogen-bond donors (Lipinski definition) is 2. The van der Waals surface area contributed by atoms with Gasteiger partial charge in [0.15, 0.2) is 6.10 Å². The first-order chi connectivity index (χ1) is 12.5. The van der Waals surface area contributed by atoms with Crippen molar-refractivity contribution in [3.8, 4) is 11.8 Å². The summed E-state index contributed by atoms with van der Waals surface area (Å²) in [5.41, 5.74) is 1.25. The molecule has 1 aliphatic rings. The van der Waals surface area contributed by atoms with Crippen molar-refractivity contribution in [1.82, 2.24) is 4.90 Å². The minimum atomic E-state index is -1.39. The van der Waals surface area contributed by atoms with Gasteiger partial charge in [0, 0.05) is 17.9 Å². The van der Waals surface area contributed by atoms with Crippen LogP contribution in [0.15, 0.2) is 24.3 Å². The number of aliphatic carboxylic acids is 1. The van der Waals surface area contributed by atoms with E-state index in [1.165, 1.54) is 0 Å². The van der Waals surface area contributed by atoms with Crippen LogP contribution in [0.4, 0.5) is 0 Å². The summed E-state index contributed by atoms with van der Waals surface area (Å²) < 4.78 is 0. The maximum absolute atomic E-state index is 11.7. The number of benzene rings is 1. The van der Waals surface area contributed by atoms with Gasteiger partial charge in [-0.05, 0) is 56.8 Å². The molecule has 1 fully saturated rings. The molecule has 0 heterocycles. The maximum Gasteiger partial charge on any atom is 0.333 e. The molecule has 4 nitrogen and oxygen atoms in total. The van der Waals surface area contributed by atoms with Gasteiger partial charge in [-0.2, -0.15) is 0 Å². The number of nitrogens with zero attached hydrogens (tertiary/aromatic N) is 1. The first-order valence-corrected chi connectivity index (χ1v) is 9.63. The third-order valence-electron chi connectivity index (χ3n) is 5.94. The van der Waals surface area contributed by atoms with Crippen molar-refractivity contribution >= 4 is 18.4 Å². The fraction of sp³-hybridized carbons (Fsp3) is 0.591. The lowest BCUT2D eigenvalue weighted by Gasteiger charge is -2.45. The van der Waals surface area contributed by atoms with Crippen LogP contribution < -0.4 is 0 Å². The standard InChI is InChI=1S/C22H31NO3.ClH/c1-4-7-10-17-11-8-9-12-19(17)22(20(24)21(25)26)15-13-18(14-16-22)23(5-2)6-3;/h8-9,11-12,18,20,24H,5-6,10,13-16H2,1-3H3,(H,25,26);1H. The van der Waals surface area contributed by atoms with Gasteiger partial charge in [0.2, 0.25) is 0 Å². The smallest absolute Gasteiger partial charge is 0.333 e. The van der Waals surface area contributed by atoms with E-state index in [4.69, 9.17) is 0 Å². The summed E-state index contributed by atoms with van der Waals surface area (Å²) in [5.74, 6) is 4.86. The second-order valence-corrected chi connectivity index (χ2v) is 7.11. The molecule has 0 spiro atoms. The monoisotopic (exact) mass is 393 g/mol. The Morgan fingerprint density at radius 1 is 1.26 bits per heavy atom. The predicted molar refractivity (Wildman–Crippen MR) is 111 cm³/mol. The summed E-state index contributed by atoms with van der Waals surface area (Å²) in [6.45, 7) is 8.13. The van der Waals surface area contributed by atoms with Crippen LogP contribution in [0, 0.1) is 11.8 Å². The molecule has 150 valence electrons. The van der Waals surface area contributed by atoms with E-state index in [2.05, 4.69) is 30.6 Å². The molecule has 2 N–H and O–H groups in total. The number of aliphatic hydroxyl groups is 1. The summed E-state index contributed by atoms with van der Waals surface area (Å²) in [6.07, 6.45) is 2.35. The van der Waals surface area contributed by atoms with E-state index < -0.39 is 17.5 Å². The number of carboxylic acid groups (broad SMARTS) is 1. The van der Waals surface area contributed by atoms with Gasteiger partial charge in [-0.25, -0.2) is 4.79 Å². The van der Waals surface area contributed by atoms with Crippen molar-refractivity contribution in [3.63, 3.8) is 0 Å². The van der Waals surface area contributed by atoms with E-state index >= 15 is 0 Å². The van der Waals surface area contributed by atoms with E-state index in [0.717, 1.165) is 37.1 Å². The molecule has 1 saturated carbocycles. The van der Waals surface area contributed by atoms with Gasteiger partial charge in [-0.1, -0.05) is 44.0 Å². The molecule has 0 amide bonds. The molecule has 1 aromatic rings. The van der Waals surface area contributed by atoms with Crippen molar-refractivity contribution in [2.45, 2.75) is 70.4 Å². The molecule has 1 atom stereocenters. The van der Waals surface area contributed by atoms with Crippen LogP contribution >= 0.6 is 12.4 Å². The number of hydrogen-bond acceptors (Lipinski definition) is 3. The molecule has 0 saturated heterocycles. The van der Waals surface area contributed by atoms with E-state index in [9.17, 15) is 15.0 Å². The summed E-state index contributed by atoms with van der Waals surface area (Å²) >= 11 is 0. The summed E-state index contributed by atoms with van der Waals surface area (Å²) in [6, 6.07) is 8.34. The molecule has 2 rings (SSSR count). The van der Waals surface area contributed by atoms with Crippen LogP contribution in [-0.2, 0) is 16.6 Å². The van der Waals surface area contributed by atoms with Crippen molar-refractivity contribution in [3.05, 3.63) is 35.4 Å². The molecule has 0 radical (unpaired) electrons. The average Bonchev–Trinajstić information content (AvgIpc) is 2.67. The quantitative estimate of drug-likeness (QED) is 0.694. The molecule has 5 heteroatoms. The lowest BCUT2D eigenvalue weighted by Crippen LogP contribution is -2.50. The van der Waals surface area contributed by atoms with Gasteiger partial charge < -0.3 is 15.1 Å². The van der Waals surface area contributed by atoms with Crippen LogP contribution in [0.1, 0.15) is 57.6 Å². The normalized spacial score (nSPS) is 23.1. The zero-order chi connectivity index (χ0) is 19.2. The topological polar surface area (TPSA) is 60.8 Å². The Morgan fingerprint density at radius 2 is 1.85 bits per heavy atom. The number of carbonyl (C=O) groups is 1. The predicted octanol–water partition coefficient (Wildman–Crippen LogP) is 3.64. The van der Waals surface area contributed by atoms with E-state index in [1.807, 2.05) is 24.3 Å². The summed E-state index contributed by atoms with van der Waals surface area (Å²) in [4.78, 5) is 14.2. The fourth-order valence-corrected chi connectivity index (χ4v) is 4.49. The molecule has 27 heavy (non-hydrogen) atoms. The Kier molecular flexibility index (Phi) is 9.32. The Hall–Kier alpha value is -1.54. The van der Waals surface area contributed by atoms with E-state index in [1.54, 1.807) is 6.92 Å². The van der Waals surface area contributed by atoms with Gasteiger partial charge in [0.25, 0.3) is 0 Å². The minimum absolute atomic E-state index is 0. The molecule has 0 aromatic heterocycles. The van der Waals surface area contributed by atoms with Crippen LogP contribution in [0.5, 0.6) is 0 Å². The largest absolute Gasteiger partial charge is 0.479 e.